The van der Waals surface area contributed by atoms with Crippen molar-refractivity contribution in [1.29, 1.82) is 0 Å². The molecule has 2 aromatic rings. The summed E-state index contributed by atoms with van der Waals surface area (Å²) in [5.74, 6) is 0. The average Bonchev–Trinajstić information content (AvgIpc) is 2.30. The Bertz CT molecular complexity index is 486. The Balaban J connectivity index is 0.00000128. The van der Waals surface area contributed by atoms with Crippen LogP contribution in [0.25, 0.3) is 11.1 Å². The first-order valence-corrected chi connectivity index (χ1v) is 5.11. The Morgan fingerprint density at radius 2 is 1.35 bits per heavy atom. The standard InChI is InChI=1S/C13H10OS.2Na.2H/c14-13(15)12-9-5-4-8-11(12)10-6-2-1-3-7-10;;;;/h1-9H,(H,14,15);;;;. The first kappa shape index (κ1) is 17.5. The molecule has 2 rings (SSSR count). The van der Waals surface area contributed by atoms with Gasteiger partial charge in [0.15, 0.2) is 0 Å². The zero-order valence-corrected chi connectivity index (χ0v) is 8.95. The van der Waals surface area contributed by atoms with E-state index < -0.39 is 0 Å². The van der Waals surface area contributed by atoms with Gasteiger partial charge in [0.2, 0.25) is 5.12 Å². The first-order valence-electron chi connectivity index (χ1n) is 4.67. The summed E-state index contributed by atoms with van der Waals surface area (Å²) in [6, 6.07) is 17.3. The van der Waals surface area contributed by atoms with Gasteiger partial charge in [-0.15, -0.1) is 12.6 Å². The summed E-state index contributed by atoms with van der Waals surface area (Å²) >= 11 is 3.87. The second kappa shape index (κ2) is 8.54. The van der Waals surface area contributed by atoms with Crippen molar-refractivity contribution < 1.29 is 4.79 Å². The summed E-state index contributed by atoms with van der Waals surface area (Å²) in [4.78, 5) is 11.3. The maximum absolute atomic E-state index is 11.3. The van der Waals surface area contributed by atoms with E-state index in [1.165, 1.54) is 0 Å². The monoisotopic (exact) mass is 262 g/mol. The summed E-state index contributed by atoms with van der Waals surface area (Å²) < 4.78 is 0. The molecule has 0 aliphatic heterocycles. The predicted molar refractivity (Wildman–Crippen MR) is 79.5 cm³/mol. The zero-order chi connectivity index (χ0) is 10.7. The fourth-order valence-electron chi connectivity index (χ4n) is 1.54. The number of carbonyl (C=O) groups excluding carboxylic acids is 1. The predicted octanol–water partition coefficient (Wildman–Crippen LogP) is 2.13. The molecule has 17 heavy (non-hydrogen) atoms. The van der Waals surface area contributed by atoms with E-state index in [1.54, 1.807) is 6.07 Å². The summed E-state index contributed by atoms with van der Waals surface area (Å²) in [6.45, 7) is 0. The molecule has 0 radical (unpaired) electrons. The molecule has 0 amide bonds. The van der Waals surface area contributed by atoms with E-state index in [4.69, 9.17) is 0 Å². The van der Waals surface area contributed by atoms with Gasteiger partial charge in [-0.2, -0.15) is 0 Å². The van der Waals surface area contributed by atoms with Crippen LogP contribution >= 0.6 is 12.6 Å². The number of rotatable bonds is 2. The van der Waals surface area contributed by atoms with Crippen molar-refractivity contribution in [1.82, 2.24) is 0 Å². The van der Waals surface area contributed by atoms with Crippen molar-refractivity contribution in [3.63, 3.8) is 0 Å². The summed E-state index contributed by atoms with van der Waals surface area (Å²) in [7, 11) is 0. The van der Waals surface area contributed by atoms with Crippen LogP contribution in [0.5, 0.6) is 0 Å². The van der Waals surface area contributed by atoms with Crippen molar-refractivity contribution in [2.45, 2.75) is 0 Å². The van der Waals surface area contributed by atoms with Crippen LogP contribution in [-0.4, -0.2) is 64.2 Å². The molecule has 0 saturated heterocycles. The summed E-state index contributed by atoms with van der Waals surface area (Å²) in [5.41, 5.74) is 2.61. The molecular weight excluding hydrogens is 250 g/mol. The van der Waals surface area contributed by atoms with Gasteiger partial charge in [-0.05, 0) is 17.2 Å². The van der Waals surface area contributed by atoms with Gasteiger partial charge in [-0.25, -0.2) is 0 Å². The Kier molecular flexibility index (Phi) is 8.77. The van der Waals surface area contributed by atoms with Gasteiger partial charge < -0.3 is 0 Å². The zero-order valence-electron chi connectivity index (χ0n) is 8.05. The Hall–Kier alpha value is 0.460. The molecule has 0 aliphatic carbocycles. The molecule has 0 atom stereocenters. The number of benzene rings is 2. The molecule has 0 spiro atoms. The van der Waals surface area contributed by atoms with E-state index >= 15 is 0 Å². The molecule has 78 valence electrons. The van der Waals surface area contributed by atoms with Crippen LogP contribution in [0.2, 0.25) is 0 Å². The second-order valence-corrected chi connectivity index (χ2v) is 3.62. The quantitative estimate of drug-likeness (QED) is 0.648. The average molecular weight is 262 g/mol. The number of hydrogen-bond acceptors (Lipinski definition) is 1. The molecule has 0 aromatic heterocycles. The minimum absolute atomic E-state index is 0. The minimum atomic E-state index is -0.200. The molecule has 2 aromatic carbocycles. The Morgan fingerprint density at radius 3 is 1.94 bits per heavy atom. The number of carbonyl (C=O) groups is 1. The van der Waals surface area contributed by atoms with Crippen LogP contribution in [0.4, 0.5) is 0 Å². The van der Waals surface area contributed by atoms with Crippen LogP contribution in [0.15, 0.2) is 54.6 Å². The van der Waals surface area contributed by atoms with Crippen LogP contribution in [0.1, 0.15) is 10.4 Å². The molecule has 4 heteroatoms. The normalized spacial score (nSPS) is 8.76. The van der Waals surface area contributed by atoms with E-state index in [2.05, 4.69) is 12.6 Å². The third-order valence-corrected chi connectivity index (χ3v) is 2.48. The van der Waals surface area contributed by atoms with Crippen molar-refractivity contribution in [3.05, 3.63) is 60.2 Å². The van der Waals surface area contributed by atoms with Gasteiger partial charge in [-0.1, -0.05) is 48.5 Å². The van der Waals surface area contributed by atoms with Gasteiger partial charge in [-0.3, -0.25) is 4.79 Å². The summed E-state index contributed by atoms with van der Waals surface area (Å²) in [5, 5.41) is -0.200. The first-order chi connectivity index (χ1) is 7.29. The van der Waals surface area contributed by atoms with E-state index in [9.17, 15) is 4.79 Å². The topological polar surface area (TPSA) is 17.1 Å². The Labute approximate surface area is 151 Å². The third kappa shape index (κ3) is 4.56. The van der Waals surface area contributed by atoms with E-state index in [-0.39, 0.29) is 64.2 Å². The number of hydrogen-bond donors (Lipinski definition) is 1. The van der Waals surface area contributed by atoms with Gasteiger partial charge in [0.25, 0.3) is 0 Å². The molecule has 0 saturated carbocycles. The van der Waals surface area contributed by atoms with Crippen molar-refractivity contribution >= 4 is 76.9 Å². The molecule has 0 unspecified atom stereocenters. The van der Waals surface area contributed by atoms with Crippen molar-refractivity contribution in [2.75, 3.05) is 0 Å². The van der Waals surface area contributed by atoms with Crippen LogP contribution in [0.3, 0.4) is 0 Å². The maximum atomic E-state index is 11.3. The van der Waals surface area contributed by atoms with Crippen molar-refractivity contribution in [3.8, 4) is 11.1 Å². The second-order valence-electron chi connectivity index (χ2n) is 3.22. The van der Waals surface area contributed by atoms with E-state index in [0.29, 0.717) is 5.56 Å². The fourth-order valence-corrected chi connectivity index (χ4v) is 1.73. The Morgan fingerprint density at radius 1 is 0.824 bits per heavy atom. The third-order valence-electron chi connectivity index (χ3n) is 2.24. The van der Waals surface area contributed by atoms with Crippen molar-refractivity contribution in [2.24, 2.45) is 0 Å². The van der Waals surface area contributed by atoms with Gasteiger partial charge in [0, 0.05) is 5.56 Å². The molecule has 0 aliphatic rings. The molecule has 0 bridgehead atoms. The molecule has 0 fully saturated rings. The molecule has 0 N–H and O–H groups in total. The van der Waals surface area contributed by atoms with E-state index in [1.807, 2.05) is 48.5 Å². The van der Waals surface area contributed by atoms with Gasteiger partial charge in [0.05, 0.1) is 0 Å². The SMILES string of the molecule is O=C(S)c1ccccc1-c1ccccc1.[NaH].[NaH]. The van der Waals surface area contributed by atoms with E-state index in [0.717, 1.165) is 11.1 Å². The molecule has 1 nitrogen and oxygen atoms in total. The van der Waals surface area contributed by atoms with Gasteiger partial charge >= 0.3 is 59.1 Å². The summed E-state index contributed by atoms with van der Waals surface area (Å²) in [6.07, 6.45) is 0. The van der Waals surface area contributed by atoms with Crippen LogP contribution in [-0.2, 0) is 0 Å². The van der Waals surface area contributed by atoms with Crippen LogP contribution < -0.4 is 0 Å². The van der Waals surface area contributed by atoms with Crippen LogP contribution in [0, 0.1) is 0 Å². The van der Waals surface area contributed by atoms with Gasteiger partial charge in [0.1, 0.15) is 0 Å². The number of thiol groups is 1. The molecule has 0 heterocycles. The fraction of sp³-hybridized carbons (Fsp3) is 0. The molecular formula is C13H12Na2OS.